The van der Waals surface area contributed by atoms with Gasteiger partial charge in [0.05, 0.1) is 6.04 Å². The molecule has 1 N–H and O–H groups in total. The summed E-state index contributed by atoms with van der Waals surface area (Å²) in [5.41, 5.74) is 5.11. The van der Waals surface area contributed by atoms with Crippen molar-refractivity contribution < 1.29 is 0 Å². The molecule has 3 rings (SSSR count). The molecule has 20 heavy (non-hydrogen) atoms. The molecule has 1 atom stereocenters. The summed E-state index contributed by atoms with van der Waals surface area (Å²) in [6.07, 6.45) is 1.05. The summed E-state index contributed by atoms with van der Waals surface area (Å²) in [7, 11) is 0. The molecule has 1 aliphatic rings. The minimum absolute atomic E-state index is 0.330. The number of aromatic nitrogens is 3. The molecule has 1 aliphatic heterocycles. The maximum atomic E-state index is 4.49. The third-order valence-electron chi connectivity index (χ3n) is 4.13. The molecule has 0 saturated carbocycles. The summed E-state index contributed by atoms with van der Waals surface area (Å²) in [5, 5.41) is 12.4. The van der Waals surface area contributed by atoms with E-state index in [1.54, 1.807) is 0 Å². The normalized spacial score (nSPS) is 18.1. The van der Waals surface area contributed by atoms with Gasteiger partial charge in [0.15, 0.2) is 11.6 Å². The van der Waals surface area contributed by atoms with Crippen LogP contribution in [0.4, 0.5) is 0 Å². The molecule has 106 valence electrons. The standard InChI is InChI=1S/C16H22N4/c1-5-13-15-18-19-16(20(15)7-6-17-13)14-11(3)8-10(2)9-12(14)4/h8-9,13,17H,5-7H2,1-4H3. The van der Waals surface area contributed by atoms with Crippen molar-refractivity contribution in [2.45, 2.75) is 46.7 Å². The second-order valence-electron chi connectivity index (χ2n) is 5.72. The van der Waals surface area contributed by atoms with Gasteiger partial charge in [-0.2, -0.15) is 0 Å². The number of benzene rings is 1. The summed E-state index contributed by atoms with van der Waals surface area (Å²) in [6, 6.07) is 4.78. The van der Waals surface area contributed by atoms with Gasteiger partial charge in [-0.15, -0.1) is 10.2 Å². The Labute approximate surface area is 120 Å². The molecule has 1 unspecified atom stereocenters. The minimum atomic E-state index is 0.330. The zero-order valence-electron chi connectivity index (χ0n) is 12.7. The number of nitrogens with zero attached hydrogens (tertiary/aromatic N) is 3. The summed E-state index contributed by atoms with van der Waals surface area (Å²) >= 11 is 0. The van der Waals surface area contributed by atoms with Gasteiger partial charge in [0.25, 0.3) is 0 Å². The highest BCUT2D eigenvalue weighted by atomic mass is 15.3. The molecule has 0 radical (unpaired) electrons. The Kier molecular flexibility index (Phi) is 3.34. The highest BCUT2D eigenvalue weighted by molar-refractivity contribution is 5.65. The largest absolute Gasteiger partial charge is 0.308 e. The molecule has 2 heterocycles. The summed E-state index contributed by atoms with van der Waals surface area (Å²) in [4.78, 5) is 0. The molecule has 0 aliphatic carbocycles. The van der Waals surface area contributed by atoms with E-state index in [0.29, 0.717) is 6.04 Å². The Balaban J connectivity index is 2.15. The second-order valence-corrected chi connectivity index (χ2v) is 5.72. The monoisotopic (exact) mass is 270 g/mol. The lowest BCUT2D eigenvalue weighted by Gasteiger charge is -2.24. The molecule has 1 aromatic carbocycles. The van der Waals surface area contributed by atoms with Gasteiger partial charge in [0.1, 0.15) is 0 Å². The van der Waals surface area contributed by atoms with Crippen molar-refractivity contribution in [2.75, 3.05) is 6.54 Å². The zero-order chi connectivity index (χ0) is 14.3. The van der Waals surface area contributed by atoms with Crippen LogP contribution >= 0.6 is 0 Å². The van der Waals surface area contributed by atoms with Gasteiger partial charge in [-0.05, 0) is 38.3 Å². The summed E-state index contributed by atoms with van der Waals surface area (Å²) in [5.74, 6) is 2.10. The topological polar surface area (TPSA) is 42.7 Å². The first-order valence-corrected chi connectivity index (χ1v) is 7.36. The first kappa shape index (κ1) is 13.3. The van der Waals surface area contributed by atoms with E-state index < -0.39 is 0 Å². The van der Waals surface area contributed by atoms with Crippen molar-refractivity contribution >= 4 is 0 Å². The lowest BCUT2D eigenvalue weighted by atomic mass is 9.99. The number of hydrogen-bond acceptors (Lipinski definition) is 3. The fourth-order valence-electron chi connectivity index (χ4n) is 3.28. The quantitative estimate of drug-likeness (QED) is 0.912. The number of hydrogen-bond donors (Lipinski definition) is 1. The maximum Gasteiger partial charge on any atom is 0.164 e. The van der Waals surface area contributed by atoms with Gasteiger partial charge in [-0.1, -0.05) is 24.6 Å². The van der Waals surface area contributed by atoms with E-state index in [1.807, 2.05) is 0 Å². The van der Waals surface area contributed by atoms with Crippen LogP contribution in [0.3, 0.4) is 0 Å². The lowest BCUT2D eigenvalue weighted by molar-refractivity contribution is 0.407. The number of rotatable bonds is 2. The summed E-state index contributed by atoms with van der Waals surface area (Å²) < 4.78 is 2.29. The van der Waals surface area contributed by atoms with E-state index >= 15 is 0 Å². The van der Waals surface area contributed by atoms with Crippen LogP contribution in [0, 0.1) is 20.8 Å². The van der Waals surface area contributed by atoms with Crippen LogP contribution in [0.5, 0.6) is 0 Å². The van der Waals surface area contributed by atoms with Gasteiger partial charge in [0, 0.05) is 18.7 Å². The Morgan fingerprint density at radius 1 is 1.20 bits per heavy atom. The van der Waals surface area contributed by atoms with Crippen LogP contribution in [0.15, 0.2) is 12.1 Å². The van der Waals surface area contributed by atoms with Crippen molar-refractivity contribution in [3.05, 3.63) is 34.6 Å². The van der Waals surface area contributed by atoms with E-state index in [0.717, 1.165) is 31.2 Å². The van der Waals surface area contributed by atoms with Crippen molar-refractivity contribution in [2.24, 2.45) is 0 Å². The molecule has 4 nitrogen and oxygen atoms in total. The highest BCUT2D eigenvalue weighted by Crippen LogP contribution is 2.30. The molecule has 2 aromatic rings. The average Bonchev–Trinajstić information content (AvgIpc) is 2.81. The maximum absolute atomic E-state index is 4.49. The van der Waals surface area contributed by atoms with E-state index in [-0.39, 0.29) is 0 Å². The van der Waals surface area contributed by atoms with Crippen LogP contribution in [0.25, 0.3) is 11.4 Å². The molecular weight excluding hydrogens is 248 g/mol. The Morgan fingerprint density at radius 2 is 1.90 bits per heavy atom. The number of nitrogens with one attached hydrogen (secondary N) is 1. The highest BCUT2D eigenvalue weighted by Gasteiger charge is 2.25. The number of fused-ring (bicyclic) bond motifs is 1. The second kappa shape index (κ2) is 5.02. The molecule has 4 heteroatoms. The molecular formula is C16H22N4. The predicted octanol–water partition coefficient (Wildman–Crippen LogP) is 2.92. The van der Waals surface area contributed by atoms with E-state index in [2.05, 4.69) is 59.9 Å². The fraction of sp³-hybridized carbons (Fsp3) is 0.500. The van der Waals surface area contributed by atoms with Crippen molar-refractivity contribution in [1.82, 2.24) is 20.1 Å². The van der Waals surface area contributed by atoms with Crippen LogP contribution in [-0.2, 0) is 6.54 Å². The third kappa shape index (κ3) is 2.04. The number of aryl methyl sites for hydroxylation is 3. The minimum Gasteiger partial charge on any atom is -0.308 e. The van der Waals surface area contributed by atoms with Gasteiger partial charge in [-0.25, -0.2) is 0 Å². The molecule has 0 bridgehead atoms. The zero-order valence-corrected chi connectivity index (χ0v) is 12.7. The smallest absolute Gasteiger partial charge is 0.164 e. The average molecular weight is 270 g/mol. The van der Waals surface area contributed by atoms with Crippen molar-refractivity contribution in [3.63, 3.8) is 0 Å². The summed E-state index contributed by atoms with van der Waals surface area (Å²) in [6.45, 7) is 10.6. The lowest BCUT2D eigenvalue weighted by Crippen LogP contribution is -2.33. The first-order chi connectivity index (χ1) is 9.61. The van der Waals surface area contributed by atoms with Gasteiger partial charge < -0.3 is 9.88 Å². The van der Waals surface area contributed by atoms with E-state index in [9.17, 15) is 0 Å². The predicted molar refractivity (Wildman–Crippen MR) is 80.7 cm³/mol. The Morgan fingerprint density at radius 3 is 2.55 bits per heavy atom. The SMILES string of the molecule is CCC1NCCn2c(-c3c(C)cc(C)cc3C)nnc21. The van der Waals surface area contributed by atoms with Gasteiger partial charge in [-0.3, -0.25) is 0 Å². The van der Waals surface area contributed by atoms with Gasteiger partial charge >= 0.3 is 0 Å². The molecule has 1 aromatic heterocycles. The van der Waals surface area contributed by atoms with Crippen LogP contribution in [0.2, 0.25) is 0 Å². The van der Waals surface area contributed by atoms with Crippen LogP contribution < -0.4 is 5.32 Å². The molecule has 0 fully saturated rings. The Hall–Kier alpha value is -1.68. The van der Waals surface area contributed by atoms with Crippen LogP contribution in [-0.4, -0.2) is 21.3 Å². The fourth-order valence-corrected chi connectivity index (χ4v) is 3.28. The van der Waals surface area contributed by atoms with Crippen LogP contribution in [0.1, 0.15) is 41.9 Å². The van der Waals surface area contributed by atoms with E-state index in [1.165, 1.54) is 22.3 Å². The molecule has 0 amide bonds. The van der Waals surface area contributed by atoms with Crippen molar-refractivity contribution in [1.29, 1.82) is 0 Å². The first-order valence-electron chi connectivity index (χ1n) is 7.36. The molecule has 0 spiro atoms. The van der Waals surface area contributed by atoms with Crippen molar-refractivity contribution in [3.8, 4) is 11.4 Å². The molecule has 0 saturated heterocycles. The van der Waals surface area contributed by atoms with E-state index in [4.69, 9.17) is 0 Å². The third-order valence-corrected chi connectivity index (χ3v) is 4.13. The Bertz CT molecular complexity index is 619. The van der Waals surface area contributed by atoms with Gasteiger partial charge in [0.2, 0.25) is 0 Å².